The Morgan fingerprint density at radius 2 is 1.37 bits per heavy atom. The van der Waals surface area contributed by atoms with Crippen LogP contribution >= 0.6 is 0 Å². The molecule has 3 heteroatoms. The van der Waals surface area contributed by atoms with Crippen LogP contribution in [0.2, 0.25) is 0 Å². The number of carbonyl (C=O) groups is 1. The van der Waals surface area contributed by atoms with Gasteiger partial charge in [-0.25, -0.2) is 0 Å². The van der Waals surface area contributed by atoms with Crippen LogP contribution in [0.5, 0.6) is 5.75 Å². The standard InChI is InChI=1S/C14H12O2.C2H7N/c1-16-13-9-7-12(8-10-13)14(15)11-5-3-2-4-6-11;1-3-2/h2-10H,1H3;3H,1-2H3. The molecule has 0 bridgehead atoms. The molecule has 0 spiro atoms. The summed E-state index contributed by atoms with van der Waals surface area (Å²) in [5.41, 5.74) is 1.37. The monoisotopic (exact) mass is 257 g/mol. The number of ether oxygens (including phenoxy) is 1. The molecule has 0 aliphatic carbocycles. The van der Waals surface area contributed by atoms with E-state index in [0.29, 0.717) is 11.1 Å². The highest BCUT2D eigenvalue weighted by atomic mass is 16.5. The van der Waals surface area contributed by atoms with Gasteiger partial charge < -0.3 is 10.1 Å². The Labute approximate surface area is 114 Å². The third-order valence-corrected chi connectivity index (χ3v) is 2.39. The van der Waals surface area contributed by atoms with E-state index in [4.69, 9.17) is 4.74 Å². The first-order valence-corrected chi connectivity index (χ1v) is 6.05. The van der Waals surface area contributed by atoms with Gasteiger partial charge in [-0.15, -0.1) is 0 Å². The molecular weight excluding hydrogens is 238 g/mol. The molecule has 0 aliphatic rings. The third kappa shape index (κ3) is 4.56. The summed E-state index contributed by atoms with van der Waals surface area (Å²) in [5.74, 6) is 0.785. The van der Waals surface area contributed by atoms with Gasteiger partial charge in [-0.2, -0.15) is 0 Å². The first kappa shape index (κ1) is 14.9. The average Bonchev–Trinajstić information content (AvgIpc) is 2.48. The molecule has 3 nitrogen and oxygen atoms in total. The summed E-state index contributed by atoms with van der Waals surface area (Å²) in [6.07, 6.45) is 0. The van der Waals surface area contributed by atoms with Crippen molar-refractivity contribution in [3.05, 3.63) is 65.7 Å². The molecule has 0 amide bonds. The topological polar surface area (TPSA) is 38.3 Å². The smallest absolute Gasteiger partial charge is 0.193 e. The van der Waals surface area contributed by atoms with Crippen molar-refractivity contribution in [2.75, 3.05) is 21.2 Å². The number of ketones is 1. The number of benzene rings is 2. The second-order valence-electron chi connectivity index (χ2n) is 3.92. The zero-order valence-electron chi connectivity index (χ0n) is 11.5. The largest absolute Gasteiger partial charge is 0.497 e. The van der Waals surface area contributed by atoms with E-state index in [2.05, 4.69) is 5.32 Å². The molecule has 0 heterocycles. The third-order valence-electron chi connectivity index (χ3n) is 2.39. The lowest BCUT2D eigenvalue weighted by molar-refractivity contribution is 0.103. The van der Waals surface area contributed by atoms with Gasteiger partial charge in [-0.05, 0) is 38.4 Å². The molecule has 0 unspecified atom stereocenters. The van der Waals surface area contributed by atoms with Gasteiger partial charge in [0.05, 0.1) is 7.11 Å². The zero-order chi connectivity index (χ0) is 14.1. The van der Waals surface area contributed by atoms with Crippen molar-refractivity contribution < 1.29 is 9.53 Å². The summed E-state index contributed by atoms with van der Waals surface area (Å²) in [6.45, 7) is 0. The van der Waals surface area contributed by atoms with Gasteiger partial charge in [0, 0.05) is 11.1 Å². The zero-order valence-corrected chi connectivity index (χ0v) is 11.5. The Kier molecular flexibility index (Phi) is 6.33. The van der Waals surface area contributed by atoms with Gasteiger partial charge in [-0.3, -0.25) is 4.79 Å². The maximum Gasteiger partial charge on any atom is 0.193 e. The molecule has 0 radical (unpaired) electrons. The van der Waals surface area contributed by atoms with Crippen LogP contribution in [0.25, 0.3) is 0 Å². The quantitative estimate of drug-likeness (QED) is 0.859. The molecule has 0 aromatic heterocycles. The van der Waals surface area contributed by atoms with Crippen LogP contribution in [-0.4, -0.2) is 27.0 Å². The van der Waals surface area contributed by atoms with Crippen LogP contribution in [0.3, 0.4) is 0 Å². The van der Waals surface area contributed by atoms with Gasteiger partial charge in [0.1, 0.15) is 5.75 Å². The normalized spacial score (nSPS) is 9.21. The van der Waals surface area contributed by atoms with Crippen LogP contribution < -0.4 is 10.1 Å². The SMILES string of the molecule is CNC.COc1ccc(C(=O)c2ccccc2)cc1. The second-order valence-corrected chi connectivity index (χ2v) is 3.92. The highest BCUT2D eigenvalue weighted by Gasteiger charge is 2.07. The van der Waals surface area contributed by atoms with E-state index in [1.54, 1.807) is 31.4 Å². The summed E-state index contributed by atoms with van der Waals surface area (Å²) in [6, 6.07) is 16.4. The summed E-state index contributed by atoms with van der Waals surface area (Å²) in [5, 5.41) is 2.75. The molecule has 0 saturated heterocycles. The molecule has 2 aromatic carbocycles. The second kappa shape index (κ2) is 8.06. The highest BCUT2D eigenvalue weighted by Crippen LogP contribution is 2.14. The molecule has 0 saturated carbocycles. The van der Waals surface area contributed by atoms with Gasteiger partial charge >= 0.3 is 0 Å². The Morgan fingerprint density at radius 3 is 1.84 bits per heavy atom. The molecular formula is C16H19NO2. The van der Waals surface area contributed by atoms with E-state index in [-0.39, 0.29) is 5.78 Å². The molecule has 0 fully saturated rings. The van der Waals surface area contributed by atoms with Crippen molar-refractivity contribution in [1.29, 1.82) is 0 Å². The predicted octanol–water partition coefficient (Wildman–Crippen LogP) is 2.76. The summed E-state index contributed by atoms with van der Waals surface area (Å²) in [4.78, 5) is 12.0. The summed E-state index contributed by atoms with van der Waals surface area (Å²) >= 11 is 0. The van der Waals surface area contributed by atoms with Gasteiger partial charge in [0.15, 0.2) is 5.78 Å². The van der Waals surface area contributed by atoms with E-state index >= 15 is 0 Å². The van der Waals surface area contributed by atoms with Crippen molar-refractivity contribution >= 4 is 5.78 Å². The van der Waals surface area contributed by atoms with E-state index < -0.39 is 0 Å². The van der Waals surface area contributed by atoms with Gasteiger partial charge in [0.25, 0.3) is 0 Å². The van der Waals surface area contributed by atoms with E-state index in [9.17, 15) is 4.79 Å². The lowest BCUT2D eigenvalue weighted by Crippen LogP contribution is -2.00. The van der Waals surface area contributed by atoms with Crippen LogP contribution in [-0.2, 0) is 0 Å². The van der Waals surface area contributed by atoms with Crippen molar-refractivity contribution in [3.8, 4) is 5.75 Å². The Balaban J connectivity index is 0.000000550. The van der Waals surface area contributed by atoms with Crippen LogP contribution in [0.4, 0.5) is 0 Å². The maximum absolute atomic E-state index is 12.0. The van der Waals surface area contributed by atoms with E-state index in [0.717, 1.165) is 5.75 Å². The lowest BCUT2D eigenvalue weighted by atomic mass is 10.0. The molecule has 19 heavy (non-hydrogen) atoms. The maximum atomic E-state index is 12.0. The van der Waals surface area contributed by atoms with Crippen LogP contribution in [0, 0.1) is 0 Å². The Bertz CT molecular complexity index is 492. The van der Waals surface area contributed by atoms with Gasteiger partial charge in [0.2, 0.25) is 0 Å². The predicted molar refractivity (Wildman–Crippen MR) is 77.9 cm³/mol. The van der Waals surface area contributed by atoms with Crippen molar-refractivity contribution in [2.45, 2.75) is 0 Å². The summed E-state index contributed by atoms with van der Waals surface area (Å²) in [7, 11) is 5.36. The van der Waals surface area contributed by atoms with Crippen molar-refractivity contribution in [2.24, 2.45) is 0 Å². The Morgan fingerprint density at radius 1 is 0.895 bits per heavy atom. The number of carbonyl (C=O) groups excluding carboxylic acids is 1. The molecule has 0 atom stereocenters. The molecule has 0 aliphatic heterocycles. The number of hydrogen-bond donors (Lipinski definition) is 1. The molecule has 2 rings (SSSR count). The number of hydrogen-bond acceptors (Lipinski definition) is 3. The van der Waals surface area contributed by atoms with E-state index in [1.807, 2.05) is 44.4 Å². The summed E-state index contributed by atoms with van der Waals surface area (Å²) < 4.78 is 5.04. The molecule has 100 valence electrons. The minimum atomic E-state index is 0.0308. The van der Waals surface area contributed by atoms with Crippen LogP contribution in [0.1, 0.15) is 15.9 Å². The number of nitrogens with one attached hydrogen (secondary N) is 1. The number of rotatable bonds is 3. The van der Waals surface area contributed by atoms with E-state index in [1.165, 1.54) is 0 Å². The minimum absolute atomic E-state index is 0.0308. The van der Waals surface area contributed by atoms with Crippen LogP contribution in [0.15, 0.2) is 54.6 Å². The Hall–Kier alpha value is -2.13. The fourth-order valence-electron chi connectivity index (χ4n) is 1.50. The average molecular weight is 257 g/mol. The highest BCUT2D eigenvalue weighted by molar-refractivity contribution is 6.08. The minimum Gasteiger partial charge on any atom is -0.497 e. The van der Waals surface area contributed by atoms with Gasteiger partial charge in [-0.1, -0.05) is 30.3 Å². The molecule has 2 aromatic rings. The first-order valence-electron chi connectivity index (χ1n) is 6.05. The first-order chi connectivity index (χ1) is 9.22. The lowest BCUT2D eigenvalue weighted by Gasteiger charge is -2.02. The molecule has 1 N–H and O–H groups in total. The number of methoxy groups -OCH3 is 1. The fraction of sp³-hybridized carbons (Fsp3) is 0.188. The van der Waals surface area contributed by atoms with Crippen molar-refractivity contribution in [1.82, 2.24) is 5.32 Å². The van der Waals surface area contributed by atoms with Crippen molar-refractivity contribution in [3.63, 3.8) is 0 Å². The fourth-order valence-corrected chi connectivity index (χ4v) is 1.50.